The Morgan fingerprint density at radius 1 is 0.983 bits per heavy atom. The highest BCUT2D eigenvalue weighted by Crippen LogP contribution is 2.34. The molecule has 0 saturated carbocycles. The van der Waals surface area contributed by atoms with E-state index in [9.17, 15) is 24.0 Å². The van der Waals surface area contributed by atoms with Gasteiger partial charge in [0.15, 0.2) is 6.61 Å². The minimum absolute atomic E-state index is 0.00990. The van der Waals surface area contributed by atoms with Crippen LogP contribution in [-0.2, 0) is 20.9 Å². The van der Waals surface area contributed by atoms with Crippen LogP contribution < -0.4 is 20.7 Å². The van der Waals surface area contributed by atoms with Gasteiger partial charge in [0.1, 0.15) is 17.4 Å². The van der Waals surface area contributed by atoms with Crippen LogP contribution in [-0.4, -0.2) is 103 Å². The topological polar surface area (TPSA) is 197 Å². The number of hydrogen-bond acceptors (Lipinski definition) is 11. The highest BCUT2D eigenvalue weighted by Gasteiger charge is 2.46. The van der Waals surface area contributed by atoms with Crippen molar-refractivity contribution in [2.24, 2.45) is 0 Å². The molecule has 1 atom stereocenters. The van der Waals surface area contributed by atoms with Gasteiger partial charge in [0, 0.05) is 48.5 Å². The zero-order chi connectivity index (χ0) is 40.2. The van der Waals surface area contributed by atoms with Gasteiger partial charge >= 0.3 is 0 Å². The number of aromatic nitrogens is 5. The van der Waals surface area contributed by atoms with Crippen molar-refractivity contribution in [3.05, 3.63) is 96.5 Å². The molecule has 16 heteroatoms. The number of amides is 5. The molecule has 5 aromatic rings. The number of benzene rings is 2. The van der Waals surface area contributed by atoms with Crippen LogP contribution in [0, 0.1) is 0 Å². The molecular formula is C42H44N10O6. The maximum absolute atomic E-state index is 13.3. The van der Waals surface area contributed by atoms with Crippen molar-refractivity contribution in [1.29, 1.82) is 0 Å². The Bertz CT molecular complexity index is 2380. The lowest BCUT2D eigenvalue weighted by molar-refractivity contribution is -0.136. The van der Waals surface area contributed by atoms with Crippen molar-refractivity contribution in [3.63, 3.8) is 0 Å². The fraction of sp³-hybridized carbons (Fsp3) is 0.333. The number of piperidine rings is 2. The van der Waals surface area contributed by atoms with Gasteiger partial charge in [0.2, 0.25) is 17.8 Å². The van der Waals surface area contributed by atoms with Gasteiger partial charge in [-0.2, -0.15) is 10.1 Å². The number of allylic oxidation sites excluding steroid dienone is 1. The van der Waals surface area contributed by atoms with E-state index in [1.807, 2.05) is 35.4 Å². The zero-order valence-corrected chi connectivity index (χ0v) is 31.9. The fourth-order valence-corrected chi connectivity index (χ4v) is 7.84. The third kappa shape index (κ3) is 8.09. The number of ether oxygens (including phenoxy) is 1. The Labute approximate surface area is 334 Å². The standard InChI is InChI=1S/C42H44N10O6/c1-2-3-20-51-24-28(23-45-51)37-31-14-18-44-38(31)49-42(48-37)46-29-10-8-26(9-11-29)27-15-21-50(22-16-27)19-5-17-43-35(54)25-58-33-7-4-6-30-36(33)41(57)52(40(30)56)32-12-13-34(53)47-39(32)55/h2,4,6-11,14,18,23-24,27,32H,1,3,5,12-13,15-17,19-22,25H2,(H,43,54)(H,47,53,55)(H2,44,46,48,49). The highest BCUT2D eigenvalue weighted by molar-refractivity contribution is 6.24. The summed E-state index contributed by atoms with van der Waals surface area (Å²) in [7, 11) is 0. The largest absolute Gasteiger partial charge is 0.483 e. The number of nitrogens with zero attached hydrogens (tertiary/aromatic N) is 6. The molecule has 2 saturated heterocycles. The summed E-state index contributed by atoms with van der Waals surface area (Å²) in [6, 6.07) is 13.9. The summed E-state index contributed by atoms with van der Waals surface area (Å²) >= 11 is 0. The minimum Gasteiger partial charge on any atom is -0.483 e. The number of carbonyl (C=O) groups excluding carboxylic acids is 5. The van der Waals surface area contributed by atoms with Gasteiger partial charge in [-0.25, -0.2) is 4.98 Å². The number of aryl methyl sites for hydroxylation is 1. The normalized spacial score (nSPS) is 17.4. The molecule has 0 bridgehead atoms. The number of rotatable bonds is 15. The first kappa shape index (κ1) is 38.2. The number of nitrogens with one attached hydrogen (secondary N) is 4. The van der Waals surface area contributed by atoms with Crippen LogP contribution in [0.2, 0.25) is 0 Å². The summed E-state index contributed by atoms with van der Waals surface area (Å²) in [5.41, 5.74) is 4.78. The number of H-pyrrole nitrogens is 1. The summed E-state index contributed by atoms with van der Waals surface area (Å²) in [5, 5.41) is 13.8. The molecule has 3 aliphatic rings. The van der Waals surface area contributed by atoms with E-state index in [-0.39, 0.29) is 42.2 Å². The van der Waals surface area contributed by atoms with E-state index in [4.69, 9.17) is 14.7 Å². The predicted octanol–water partition coefficient (Wildman–Crippen LogP) is 4.31. The average molecular weight is 785 g/mol. The van der Waals surface area contributed by atoms with Gasteiger partial charge < -0.3 is 25.3 Å². The van der Waals surface area contributed by atoms with E-state index in [0.717, 1.165) is 84.7 Å². The Balaban J connectivity index is 0.770. The molecular weight excluding hydrogens is 741 g/mol. The van der Waals surface area contributed by atoms with Gasteiger partial charge in [-0.1, -0.05) is 24.3 Å². The smallest absolute Gasteiger partial charge is 0.266 e. The van der Waals surface area contributed by atoms with E-state index in [0.29, 0.717) is 18.4 Å². The van der Waals surface area contributed by atoms with E-state index >= 15 is 0 Å². The van der Waals surface area contributed by atoms with E-state index < -0.39 is 29.7 Å². The molecule has 0 aliphatic carbocycles. The number of carbonyl (C=O) groups is 5. The molecule has 1 unspecified atom stereocenters. The molecule has 5 amide bonds. The van der Waals surface area contributed by atoms with Crippen molar-refractivity contribution in [2.45, 2.75) is 57.0 Å². The molecule has 58 heavy (non-hydrogen) atoms. The second kappa shape index (κ2) is 16.8. The number of hydrogen-bond donors (Lipinski definition) is 4. The number of imide groups is 2. The van der Waals surface area contributed by atoms with Crippen molar-refractivity contribution >= 4 is 52.2 Å². The zero-order valence-electron chi connectivity index (χ0n) is 31.9. The molecule has 0 radical (unpaired) electrons. The summed E-state index contributed by atoms with van der Waals surface area (Å²) in [4.78, 5) is 79.0. The molecule has 16 nitrogen and oxygen atoms in total. The van der Waals surface area contributed by atoms with E-state index in [2.05, 4.69) is 61.8 Å². The maximum atomic E-state index is 13.3. The lowest BCUT2D eigenvalue weighted by Crippen LogP contribution is -2.54. The number of likely N-dealkylation sites (tertiary alicyclic amines) is 1. The van der Waals surface area contributed by atoms with Crippen LogP contribution in [0.4, 0.5) is 11.6 Å². The average Bonchev–Trinajstić information content (AvgIpc) is 3.97. The Morgan fingerprint density at radius 3 is 2.60 bits per heavy atom. The summed E-state index contributed by atoms with van der Waals surface area (Å²) in [5.74, 6) is -1.76. The van der Waals surface area contributed by atoms with Crippen molar-refractivity contribution < 1.29 is 28.7 Å². The third-order valence-corrected chi connectivity index (χ3v) is 10.9. The van der Waals surface area contributed by atoms with E-state index in [1.165, 1.54) is 17.7 Å². The molecule has 8 rings (SSSR count). The number of fused-ring (bicyclic) bond motifs is 2. The highest BCUT2D eigenvalue weighted by atomic mass is 16.5. The number of aromatic amines is 1. The fourth-order valence-electron chi connectivity index (χ4n) is 7.84. The third-order valence-electron chi connectivity index (χ3n) is 10.9. The van der Waals surface area contributed by atoms with Gasteiger partial charge in [0.05, 0.1) is 23.0 Å². The van der Waals surface area contributed by atoms with Crippen LogP contribution >= 0.6 is 0 Å². The quantitative estimate of drug-likeness (QED) is 0.0671. The number of anilines is 2. The van der Waals surface area contributed by atoms with Gasteiger partial charge in [-0.05, 0) is 93.6 Å². The summed E-state index contributed by atoms with van der Waals surface area (Å²) in [6.07, 6.45) is 11.3. The lowest BCUT2D eigenvalue weighted by atomic mass is 9.89. The SMILES string of the molecule is C=CCCn1cc(-c2nc(Nc3ccc(C4CCN(CCCNC(=O)COc5cccc6c5C(=O)N(C5CCC(=O)NC5=O)C6=O)CC4)cc3)nc3[nH]ccc23)cn1. The molecule has 4 N–H and O–H groups in total. The minimum atomic E-state index is -1.08. The van der Waals surface area contributed by atoms with Crippen LogP contribution in [0.3, 0.4) is 0 Å². The van der Waals surface area contributed by atoms with Gasteiger partial charge in [-0.15, -0.1) is 6.58 Å². The van der Waals surface area contributed by atoms with Crippen molar-refractivity contribution in [2.75, 3.05) is 38.1 Å². The first-order valence-electron chi connectivity index (χ1n) is 19.6. The van der Waals surface area contributed by atoms with Crippen LogP contribution in [0.1, 0.15) is 70.7 Å². The summed E-state index contributed by atoms with van der Waals surface area (Å²) < 4.78 is 7.59. The van der Waals surface area contributed by atoms with Gasteiger partial charge in [0.25, 0.3) is 17.7 Å². The van der Waals surface area contributed by atoms with Gasteiger partial charge in [-0.3, -0.25) is 38.9 Å². The first-order chi connectivity index (χ1) is 28.2. The van der Waals surface area contributed by atoms with Crippen LogP contribution in [0.15, 0.2) is 79.8 Å². The lowest BCUT2D eigenvalue weighted by Gasteiger charge is -2.32. The Morgan fingerprint density at radius 2 is 1.81 bits per heavy atom. The Hall–Kier alpha value is -6.68. The molecule has 6 heterocycles. The van der Waals surface area contributed by atoms with Crippen molar-refractivity contribution in [3.8, 4) is 17.0 Å². The monoisotopic (exact) mass is 784 g/mol. The summed E-state index contributed by atoms with van der Waals surface area (Å²) in [6.45, 7) is 7.44. The van der Waals surface area contributed by atoms with Crippen molar-refractivity contribution in [1.82, 2.24) is 45.2 Å². The second-order valence-electron chi connectivity index (χ2n) is 14.7. The van der Waals surface area contributed by atoms with Crippen LogP contribution in [0.25, 0.3) is 22.3 Å². The van der Waals surface area contributed by atoms with Crippen LogP contribution in [0.5, 0.6) is 5.75 Å². The molecule has 0 spiro atoms. The van der Waals surface area contributed by atoms with E-state index in [1.54, 1.807) is 6.07 Å². The predicted molar refractivity (Wildman–Crippen MR) is 214 cm³/mol. The molecule has 298 valence electrons. The molecule has 2 aromatic carbocycles. The molecule has 2 fully saturated rings. The Kier molecular flexibility index (Phi) is 11.1. The maximum Gasteiger partial charge on any atom is 0.266 e. The molecule has 3 aliphatic heterocycles. The first-order valence-corrected chi connectivity index (χ1v) is 19.6. The molecule has 3 aromatic heterocycles. The second-order valence-corrected chi connectivity index (χ2v) is 14.7.